The van der Waals surface area contributed by atoms with Crippen LogP contribution in [0.3, 0.4) is 0 Å². The number of aromatic nitrogens is 3. The first kappa shape index (κ1) is 17.4. The standard InChI is InChI=1S/C22H21N3O2/c1-22(27-2)11-10-20-24-19-15-16(6-8-17-5-3-4-13-23-17)7-9-18(19)21(26)25(20)14-12-22/h3-5,7,9,13,15H,10-12,14H2,1-2H3/t22-/m0/s1. The number of hydrogen-bond acceptors (Lipinski definition) is 4. The number of aryl methyl sites for hydroxylation is 1. The van der Waals surface area contributed by atoms with E-state index in [1.54, 1.807) is 17.9 Å². The van der Waals surface area contributed by atoms with Gasteiger partial charge in [0.05, 0.1) is 16.5 Å². The number of ether oxygens (including phenoxy) is 1. The van der Waals surface area contributed by atoms with Crippen LogP contribution in [0.5, 0.6) is 0 Å². The molecule has 1 aromatic carbocycles. The summed E-state index contributed by atoms with van der Waals surface area (Å²) >= 11 is 0. The highest BCUT2D eigenvalue weighted by Crippen LogP contribution is 2.26. The lowest BCUT2D eigenvalue weighted by molar-refractivity contribution is -0.00757. The van der Waals surface area contributed by atoms with Crippen LogP contribution in [0.2, 0.25) is 0 Å². The number of methoxy groups -OCH3 is 1. The molecule has 0 radical (unpaired) electrons. The summed E-state index contributed by atoms with van der Waals surface area (Å²) in [5.41, 5.74) is 2.03. The Morgan fingerprint density at radius 2 is 2.07 bits per heavy atom. The fraction of sp³-hybridized carbons (Fsp3) is 0.318. The summed E-state index contributed by atoms with van der Waals surface area (Å²) in [6, 6.07) is 11.2. The molecule has 0 unspecified atom stereocenters. The minimum absolute atomic E-state index is 0.0135. The molecule has 1 atom stereocenters. The quantitative estimate of drug-likeness (QED) is 0.627. The Morgan fingerprint density at radius 1 is 1.19 bits per heavy atom. The largest absolute Gasteiger partial charge is 0.378 e. The number of nitrogens with zero attached hydrogens (tertiary/aromatic N) is 3. The molecular weight excluding hydrogens is 338 g/mol. The Morgan fingerprint density at radius 3 is 2.85 bits per heavy atom. The third-order valence-corrected chi connectivity index (χ3v) is 5.27. The molecule has 4 rings (SSSR count). The summed E-state index contributed by atoms with van der Waals surface area (Å²) in [7, 11) is 1.73. The molecule has 0 amide bonds. The lowest BCUT2D eigenvalue weighted by atomic mass is 9.97. The molecule has 5 heteroatoms. The molecular formula is C22H21N3O2. The van der Waals surface area contributed by atoms with Gasteiger partial charge in [-0.05, 0) is 56.0 Å². The number of fused-ring (bicyclic) bond motifs is 2. The van der Waals surface area contributed by atoms with Gasteiger partial charge in [0.25, 0.3) is 5.56 Å². The van der Waals surface area contributed by atoms with Crippen LogP contribution in [-0.4, -0.2) is 27.2 Å². The second kappa shape index (κ2) is 6.98. The van der Waals surface area contributed by atoms with Gasteiger partial charge < -0.3 is 4.74 Å². The second-order valence-electron chi connectivity index (χ2n) is 7.09. The molecule has 3 heterocycles. The van der Waals surface area contributed by atoms with E-state index >= 15 is 0 Å². The first-order valence-electron chi connectivity index (χ1n) is 9.10. The maximum Gasteiger partial charge on any atom is 0.261 e. The van der Waals surface area contributed by atoms with Gasteiger partial charge >= 0.3 is 0 Å². The molecule has 1 aliphatic heterocycles. The highest BCUT2D eigenvalue weighted by atomic mass is 16.5. The van der Waals surface area contributed by atoms with Crippen molar-refractivity contribution in [2.45, 2.75) is 38.3 Å². The van der Waals surface area contributed by atoms with Crippen molar-refractivity contribution in [3.63, 3.8) is 0 Å². The molecule has 5 nitrogen and oxygen atoms in total. The molecule has 136 valence electrons. The molecule has 0 saturated carbocycles. The Kier molecular flexibility index (Phi) is 4.51. The molecule has 0 saturated heterocycles. The second-order valence-corrected chi connectivity index (χ2v) is 7.09. The first-order chi connectivity index (χ1) is 13.1. The molecule has 0 spiro atoms. The van der Waals surface area contributed by atoms with E-state index in [9.17, 15) is 4.79 Å². The number of rotatable bonds is 1. The normalized spacial score (nSPS) is 19.0. The SMILES string of the molecule is CO[C@@]1(C)CCc2nc3cc(C#Cc4ccccn4)ccc3c(=O)n2CC1. The van der Waals surface area contributed by atoms with E-state index in [-0.39, 0.29) is 11.2 Å². The van der Waals surface area contributed by atoms with Crippen molar-refractivity contribution in [3.05, 3.63) is 70.0 Å². The lowest BCUT2D eigenvalue weighted by Gasteiger charge is -2.25. The minimum Gasteiger partial charge on any atom is -0.378 e. The summed E-state index contributed by atoms with van der Waals surface area (Å²) in [6.45, 7) is 2.72. The Labute approximate surface area is 158 Å². The van der Waals surface area contributed by atoms with Gasteiger partial charge in [-0.1, -0.05) is 12.0 Å². The van der Waals surface area contributed by atoms with Crippen molar-refractivity contribution in [3.8, 4) is 11.8 Å². The van der Waals surface area contributed by atoms with Crippen LogP contribution < -0.4 is 5.56 Å². The Balaban J connectivity index is 1.74. The van der Waals surface area contributed by atoms with Crippen LogP contribution in [0.25, 0.3) is 10.9 Å². The fourth-order valence-corrected chi connectivity index (χ4v) is 3.39. The summed E-state index contributed by atoms with van der Waals surface area (Å²) in [5.74, 6) is 6.97. The summed E-state index contributed by atoms with van der Waals surface area (Å²) in [6.07, 6.45) is 4.09. The first-order valence-corrected chi connectivity index (χ1v) is 9.10. The third kappa shape index (κ3) is 3.49. The van der Waals surface area contributed by atoms with Crippen molar-refractivity contribution in [2.24, 2.45) is 0 Å². The van der Waals surface area contributed by atoms with E-state index in [1.807, 2.05) is 36.4 Å². The van der Waals surface area contributed by atoms with Gasteiger partial charge in [0.15, 0.2) is 0 Å². The Bertz CT molecular complexity index is 1110. The zero-order valence-electron chi connectivity index (χ0n) is 15.5. The van der Waals surface area contributed by atoms with E-state index in [1.165, 1.54) is 0 Å². The van der Waals surface area contributed by atoms with Crippen molar-refractivity contribution < 1.29 is 4.74 Å². The zero-order chi connectivity index (χ0) is 18.9. The molecule has 2 aromatic heterocycles. The Hall–Kier alpha value is -2.97. The van der Waals surface area contributed by atoms with Crippen LogP contribution in [0.1, 0.15) is 36.8 Å². The van der Waals surface area contributed by atoms with Crippen molar-refractivity contribution in [1.82, 2.24) is 14.5 Å². The summed E-state index contributed by atoms with van der Waals surface area (Å²) in [5, 5.41) is 0.628. The lowest BCUT2D eigenvalue weighted by Crippen LogP contribution is -2.29. The van der Waals surface area contributed by atoms with Crippen molar-refractivity contribution >= 4 is 10.9 Å². The van der Waals surface area contributed by atoms with Crippen LogP contribution in [0.15, 0.2) is 47.4 Å². The fourth-order valence-electron chi connectivity index (χ4n) is 3.39. The highest BCUT2D eigenvalue weighted by Gasteiger charge is 2.28. The average Bonchev–Trinajstić information content (AvgIpc) is 2.87. The molecule has 1 aliphatic rings. The third-order valence-electron chi connectivity index (χ3n) is 5.27. The van der Waals surface area contributed by atoms with Crippen LogP contribution in [-0.2, 0) is 17.7 Å². The van der Waals surface area contributed by atoms with Gasteiger partial charge in [-0.25, -0.2) is 9.97 Å². The van der Waals surface area contributed by atoms with Gasteiger partial charge in [-0.2, -0.15) is 0 Å². The van der Waals surface area contributed by atoms with Crippen LogP contribution in [0, 0.1) is 11.8 Å². The maximum absolute atomic E-state index is 13.0. The van der Waals surface area contributed by atoms with Crippen LogP contribution >= 0.6 is 0 Å². The topological polar surface area (TPSA) is 57.0 Å². The van der Waals surface area contributed by atoms with Gasteiger partial charge in [0.2, 0.25) is 0 Å². The highest BCUT2D eigenvalue weighted by molar-refractivity contribution is 5.79. The van der Waals surface area contributed by atoms with E-state index in [2.05, 4.69) is 23.7 Å². The predicted molar refractivity (Wildman–Crippen MR) is 105 cm³/mol. The number of hydrogen-bond donors (Lipinski definition) is 0. The van der Waals surface area contributed by atoms with E-state index < -0.39 is 0 Å². The molecule has 3 aromatic rings. The van der Waals surface area contributed by atoms with E-state index in [0.29, 0.717) is 23.1 Å². The van der Waals surface area contributed by atoms with Gasteiger partial charge in [-0.3, -0.25) is 9.36 Å². The van der Waals surface area contributed by atoms with E-state index in [4.69, 9.17) is 9.72 Å². The van der Waals surface area contributed by atoms with Gasteiger partial charge in [-0.15, -0.1) is 0 Å². The maximum atomic E-state index is 13.0. The average molecular weight is 359 g/mol. The number of benzene rings is 1. The van der Waals surface area contributed by atoms with Crippen molar-refractivity contribution in [2.75, 3.05) is 7.11 Å². The zero-order valence-corrected chi connectivity index (χ0v) is 15.5. The van der Waals surface area contributed by atoms with Crippen LogP contribution in [0.4, 0.5) is 0 Å². The molecule has 27 heavy (non-hydrogen) atoms. The number of pyridine rings is 1. The molecule has 0 bridgehead atoms. The van der Waals surface area contributed by atoms with E-state index in [0.717, 1.165) is 30.7 Å². The van der Waals surface area contributed by atoms with Crippen molar-refractivity contribution in [1.29, 1.82) is 0 Å². The monoisotopic (exact) mass is 359 g/mol. The summed E-state index contributed by atoms with van der Waals surface area (Å²) < 4.78 is 7.45. The minimum atomic E-state index is -0.217. The molecule has 0 aliphatic carbocycles. The summed E-state index contributed by atoms with van der Waals surface area (Å²) in [4.78, 5) is 21.9. The van der Waals surface area contributed by atoms with Gasteiger partial charge in [0.1, 0.15) is 11.5 Å². The predicted octanol–water partition coefficient (Wildman–Crippen LogP) is 2.93. The molecule has 0 N–H and O–H groups in total. The smallest absolute Gasteiger partial charge is 0.261 e. The molecule has 0 fully saturated rings. The van der Waals surface area contributed by atoms with Gasteiger partial charge in [0, 0.05) is 31.8 Å².